The van der Waals surface area contributed by atoms with Gasteiger partial charge >= 0.3 is 0 Å². The van der Waals surface area contributed by atoms with E-state index in [4.69, 9.17) is 0 Å². The average molecular weight is 268 g/mol. The van der Waals surface area contributed by atoms with Crippen LogP contribution in [0, 0.1) is 5.92 Å². The number of rotatable bonds is 7. The van der Waals surface area contributed by atoms with Crippen molar-refractivity contribution in [3.8, 4) is 0 Å². The van der Waals surface area contributed by atoms with Gasteiger partial charge in [0.05, 0.1) is 0 Å². The van der Waals surface area contributed by atoms with Crippen LogP contribution in [0.25, 0.3) is 0 Å². The third kappa shape index (κ3) is 4.28. The van der Waals surface area contributed by atoms with Gasteiger partial charge in [-0.2, -0.15) is 5.10 Å². The molecule has 4 nitrogen and oxygen atoms in total. The van der Waals surface area contributed by atoms with E-state index in [1.165, 1.54) is 38.5 Å². The molecule has 1 unspecified atom stereocenters. The van der Waals surface area contributed by atoms with Crippen molar-refractivity contribution in [3.63, 3.8) is 0 Å². The number of nitrogens with zero attached hydrogens (tertiary/aromatic N) is 2. The molecule has 2 N–H and O–H groups in total. The summed E-state index contributed by atoms with van der Waals surface area (Å²) >= 11 is 1.79. The van der Waals surface area contributed by atoms with Gasteiger partial charge < -0.3 is 5.32 Å². The summed E-state index contributed by atoms with van der Waals surface area (Å²) in [4.78, 5) is 4.18. The lowest BCUT2D eigenvalue weighted by Gasteiger charge is -2.30. The number of hydrogen-bond acceptors (Lipinski definition) is 4. The van der Waals surface area contributed by atoms with Gasteiger partial charge in [0.2, 0.25) is 0 Å². The van der Waals surface area contributed by atoms with E-state index in [0.717, 1.165) is 23.4 Å². The highest BCUT2D eigenvalue weighted by Crippen LogP contribution is 2.28. The third-order valence-corrected chi connectivity index (χ3v) is 4.66. The predicted molar refractivity (Wildman–Crippen MR) is 75.8 cm³/mol. The molecule has 1 aliphatic carbocycles. The minimum Gasteiger partial charge on any atom is -0.313 e. The Bertz CT molecular complexity index is 309. The molecule has 1 aromatic rings. The van der Waals surface area contributed by atoms with Crippen molar-refractivity contribution in [1.82, 2.24) is 20.5 Å². The molecule has 0 aromatic carbocycles. The van der Waals surface area contributed by atoms with Crippen LogP contribution in [0.4, 0.5) is 0 Å². The van der Waals surface area contributed by atoms with E-state index in [9.17, 15) is 0 Å². The number of H-pyrrole nitrogens is 1. The molecule has 0 saturated heterocycles. The standard InChI is InChI=1S/C13H24N4S/c1-2-8-14-12(11-6-4-3-5-7-11)9-18-13-15-10-16-17-13/h10-12,14H,2-9H2,1H3,(H,15,16,17). The van der Waals surface area contributed by atoms with Gasteiger partial charge in [-0.25, -0.2) is 4.98 Å². The zero-order valence-corrected chi connectivity index (χ0v) is 12.0. The number of aromatic nitrogens is 3. The van der Waals surface area contributed by atoms with Crippen molar-refractivity contribution >= 4 is 11.8 Å². The number of hydrogen-bond donors (Lipinski definition) is 2. The van der Waals surface area contributed by atoms with Gasteiger partial charge in [0.15, 0.2) is 5.16 Å². The van der Waals surface area contributed by atoms with Crippen LogP contribution >= 0.6 is 11.8 Å². The number of aromatic amines is 1. The molecule has 1 atom stereocenters. The number of nitrogens with one attached hydrogen (secondary N) is 2. The van der Waals surface area contributed by atoms with Crippen LogP contribution in [0.3, 0.4) is 0 Å². The highest BCUT2D eigenvalue weighted by atomic mass is 32.2. The van der Waals surface area contributed by atoms with Crippen LogP contribution in [-0.4, -0.2) is 33.5 Å². The molecule has 1 aromatic heterocycles. The molecule has 1 saturated carbocycles. The highest BCUT2D eigenvalue weighted by Gasteiger charge is 2.23. The Balaban J connectivity index is 1.83. The Morgan fingerprint density at radius 2 is 2.28 bits per heavy atom. The molecule has 0 amide bonds. The zero-order chi connectivity index (χ0) is 12.6. The monoisotopic (exact) mass is 268 g/mol. The summed E-state index contributed by atoms with van der Waals surface area (Å²) < 4.78 is 0. The maximum atomic E-state index is 4.18. The molecule has 5 heteroatoms. The van der Waals surface area contributed by atoms with E-state index < -0.39 is 0 Å². The highest BCUT2D eigenvalue weighted by molar-refractivity contribution is 7.99. The van der Waals surface area contributed by atoms with Crippen molar-refractivity contribution in [2.24, 2.45) is 5.92 Å². The Morgan fingerprint density at radius 1 is 1.44 bits per heavy atom. The number of thioether (sulfide) groups is 1. The van der Waals surface area contributed by atoms with Crippen LogP contribution in [0.2, 0.25) is 0 Å². The minimum atomic E-state index is 0.625. The minimum absolute atomic E-state index is 0.625. The molecule has 1 aliphatic rings. The van der Waals surface area contributed by atoms with E-state index in [2.05, 4.69) is 27.4 Å². The topological polar surface area (TPSA) is 53.6 Å². The molecular weight excluding hydrogens is 244 g/mol. The summed E-state index contributed by atoms with van der Waals surface area (Å²) in [6, 6.07) is 0.625. The SMILES string of the molecule is CCCNC(CSc1ncn[nH]1)C1CCCCC1. The van der Waals surface area contributed by atoms with Crippen LogP contribution in [0.15, 0.2) is 11.5 Å². The van der Waals surface area contributed by atoms with Crippen molar-refractivity contribution in [1.29, 1.82) is 0 Å². The van der Waals surface area contributed by atoms with Crippen LogP contribution in [-0.2, 0) is 0 Å². The maximum absolute atomic E-state index is 4.18. The van der Waals surface area contributed by atoms with Gasteiger partial charge in [-0.15, -0.1) is 0 Å². The Hall–Kier alpha value is -0.550. The van der Waals surface area contributed by atoms with Crippen LogP contribution < -0.4 is 5.32 Å². The van der Waals surface area contributed by atoms with Crippen molar-refractivity contribution in [3.05, 3.63) is 6.33 Å². The predicted octanol–water partition coefficient (Wildman–Crippen LogP) is 2.85. The fraction of sp³-hybridized carbons (Fsp3) is 0.846. The fourth-order valence-electron chi connectivity index (χ4n) is 2.66. The Labute approximate surface area is 114 Å². The first kappa shape index (κ1) is 13.9. The first-order valence-electron chi connectivity index (χ1n) is 7.11. The quantitative estimate of drug-likeness (QED) is 0.747. The largest absolute Gasteiger partial charge is 0.313 e. The van der Waals surface area contributed by atoms with E-state index in [1.54, 1.807) is 18.1 Å². The van der Waals surface area contributed by atoms with Crippen molar-refractivity contribution in [2.45, 2.75) is 56.6 Å². The molecule has 18 heavy (non-hydrogen) atoms. The fourth-order valence-corrected chi connectivity index (χ4v) is 3.63. The summed E-state index contributed by atoms with van der Waals surface area (Å²) in [5.74, 6) is 1.94. The van der Waals surface area contributed by atoms with Gasteiger partial charge in [-0.1, -0.05) is 37.9 Å². The van der Waals surface area contributed by atoms with Gasteiger partial charge in [-0.05, 0) is 31.7 Å². The second kappa shape index (κ2) is 7.79. The third-order valence-electron chi connectivity index (χ3n) is 3.67. The van der Waals surface area contributed by atoms with Crippen LogP contribution in [0.1, 0.15) is 45.4 Å². The van der Waals surface area contributed by atoms with Gasteiger partial charge in [0.1, 0.15) is 6.33 Å². The molecule has 1 heterocycles. The van der Waals surface area contributed by atoms with Gasteiger partial charge in [-0.3, -0.25) is 5.10 Å². The summed E-state index contributed by atoms with van der Waals surface area (Å²) in [6.07, 6.45) is 9.79. The van der Waals surface area contributed by atoms with E-state index in [-0.39, 0.29) is 0 Å². The van der Waals surface area contributed by atoms with E-state index >= 15 is 0 Å². The molecule has 2 rings (SSSR count). The lowest BCUT2D eigenvalue weighted by Crippen LogP contribution is -2.39. The molecule has 1 fully saturated rings. The lowest BCUT2D eigenvalue weighted by molar-refractivity contribution is 0.285. The second-order valence-electron chi connectivity index (χ2n) is 5.06. The zero-order valence-electron chi connectivity index (χ0n) is 11.2. The summed E-state index contributed by atoms with van der Waals surface area (Å²) in [5, 5.41) is 11.5. The maximum Gasteiger partial charge on any atom is 0.183 e. The van der Waals surface area contributed by atoms with Crippen LogP contribution in [0.5, 0.6) is 0 Å². The average Bonchev–Trinajstić information content (AvgIpc) is 2.93. The first-order chi connectivity index (χ1) is 8.90. The van der Waals surface area contributed by atoms with Crippen molar-refractivity contribution < 1.29 is 0 Å². The molecular formula is C13H24N4S. The summed E-state index contributed by atoms with van der Waals surface area (Å²) in [7, 11) is 0. The summed E-state index contributed by atoms with van der Waals surface area (Å²) in [5.41, 5.74) is 0. The molecule has 102 valence electrons. The lowest BCUT2D eigenvalue weighted by atomic mass is 9.84. The smallest absolute Gasteiger partial charge is 0.183 e. The second-order valence-corrected chi connectivity index (χ2v) is 6.07. The Morgan fingerprint density at radius 3 is 2.94 bits per heavy atom. The molecule has 0 aliphatic heterocycles. The van der Waals surface area contributed by atoms with Gasteiger partial charge in [0, 0.05) is 11.8 Å². The molecule has 0 radical (unpaired) electrons. The van der Waals surface area contributed by atoms with E-state index in [1.807, 2.05) is 0 Å². The normalized spacial score (nSPS) is 18.9. The Kier molecular flexibility index (Phi) is 6.00. The van der Waals surface area contributed by atoms with E-state index in [0.29, 0.717) is 6.04 Å². The van der Waals surface area contributed by atoms with Gasteiger partial charge in [0.25, 0.3) is 0 Å². The molecule has 0 spiro atoms. The first-order valence-corrected chi connectivity index (χ1v) is 8.10. The van der Waals surface area contributed by atoms with Crippen molar-refractivity contribution in [2.75, 3.05) is 12.3 Å². The molecule has 0 bridgehead atoms. The summed E-state index contributed by atoms with van der Waals surface area (Å²) in [6.45, 7) is 3.35.